The van der Waals surface area contributed by atoms with Crippen LogP contribution in [0.1, 0.15) is 48.6 Å². The maximum absolute atomic E-state index is 14.6. The first-order chi connectivity index (χ1) is 21.7. The predicted molar refractivity (Wildman–Crippen MR) is 185 cm³/mol. The molecule has 4 aromatic rings. The highest BCUT2D eigenvalue weighted by Crippen LogP contribution is 2.29. The van der Waals surface area contributed by atoms with E-state index in [1.165, 1.54) is 9.21 Å². The van der Waals surface area contributed by atoms with E-state index in [0.717, 1.165) is 27.8 Å². The standard InChI is InChI=1S/C37H42ClN3O4S/c1-26-15-21-32(22-16-26)46(44,45)41(33-14-10-11-27(2)28(33)3)25-35(42)40(24-30-17-19-31(38)20-18-30)34(36(43)39-37(4,5)6)23-29-12-8-7-9-13-29/h7-22,34H,23-25H2,1-6H3,(H,39,43)/t34-/m1/s1. The van der Waals surface area contributed by atoms with Gasteiger partial charge in [-0.05, 0) is 94.1 Å². The van der Waals surface area contributed by atoms with E-state index in [1.807, 2.05) is 77.9 Å². The molecule has 0 saturated carbocycles. The summed E-state index contributed by atoms with van der Waals surface area (Å²) in [6, 6.07) is 27.5. The largest absolute Gasteiger partial charge is 0.350 e. The average Bonchev–Trinajstić information content (AvgIpc) is 3.00. The fourth-order valence-electron chi connectivity index (χ4n) is 5.15. The van der Waals surface area contributed by atoms with Crippen LogP contribution in [0.25, 0.3) is 0 Å². The Morgan fingerprint density at radius 1 is 0.804 bits per heavy atom. The van der Waals surface area contributed by atoms with Crippen LogP contribution in [0.5, 0.6) is 0 Å². The van der Waals surface area contributed by atoms with Crippen molar-refractivity contribution < 1.29 is 18.0 Å². The van der Waals surface area contributed by atoms with Gasteiger partial charge >= 0.3 is 0 Å². The number of hydrogen-bond donors (Lipinski definition) is 1. The molecule has 4 rings (SSSR count). The average molecular weight is 660 g/mol. The van der Waals surface area contributed by atoms with E-state index in [4.69, 9.17) is 11.6 Å². The Labute approximate surface area is 278 Å². The smallest absolute Gasteiger partial charge is 0.264 e. The van der Waals surface area contributed by atoms with Crippen molar-refractivity contribution in [3.05, 3.63) is 130 Å². The predicted octanol–water partition coefficient (Wildman–Crippen LogP) is 7.02. The number of halogens is 1. The van der Waals surface area contributed by atoms with Gasteiger partial charge in [0.2, 0.25) is 11.8 Å². The van der Waals surface area contributed by atoms with Crippen LogP contribution in [0.2, 0.25) is 5.02 Å². The molecule has 46 heavy (non-hydrogen) atoms. The van der Waals surface area contributed by atoms with Crippen LogP contribution in [-0.4, -0.2) is 43.3 Å². The molecule has 0 bridgehead atoms. The first kappa shape index (κ1) is 34.7. The topological polar surface area (TPSA) is 86.8 Å². The van der Waals surface area contributed by atoms with Crippen LogP contribution in [0.4, 0.5) is 5.69 Å². The molecule has 7 nitrogen and oxygen atoms in total. The highest BCUT2D eigenvalue weighted by molar-refractivity contribution is 7.92. The fourth-order valence-corrected chi connectivity index (χ4v) is 6.75. The zero-order valence-corrected chi connectivity index (χ0v) is 28.8. The summed E-state index contributed by atoms with van der Waals surface area (Å²) in [6.45, 7) is 10.8. The number of sulfonamides is 1. The molecule has 9 heteroatoms. The molecule has 0 heterocycles. The number of amides is 2. The highest BCUT2D eigenvalue weighted by atomic mass is 35.5. The summed E-state index contributed by atoms with van der Waals surface area (Å²) in [5.74, 6) is -0.852. The van der Waals surface area contributed by atoms with Crippen molar-refractivity contribution in [3.63, 3.8) is 0 Å². The Morgan fingerprint density at radius 2 is 1.43 bits per heavy atom. The summed E-state index contributed by atoms with van der Waals surface area (Å²) in [6.07, 6.45) is 0.232. The minimum atomic E-state index is -4.18. The second-order valence-electron chi connectivity index (χ2n) is 12.6. The second-order valence-corrected chi connectivity index (χ2v) is 14.9. The molecule has 0 aliphatic heterocycles. The maximum atomic E-state index is 14.6. The Bertz CT molecular complexity index is 1770. The molecule has 0 aliphatic rings. The third-order valence-electron chi connectivity index (χ3n) is 7.77. The van der Waals surface area contributed by atoms with Gasteiger partial charge in [-0.2, -0.15) is 0 Å². The van der Waals surface area contributed by atoms with Gasteiger partial charge in [-0.3, -0.25) is 13.9 Å². The molecule has 4 aromatic carbocycles. The van der Waals surface area contributed by atoms with E-state index in [-0.39, 0.29) is 23.8 Å². The van der Waals surface area contributed by atoms with E-state index in [9.17, 15) is 18.0 Å². The molecule has 1 N–H and O–H groups in total. The molecule has 0 saturated heterocycles. The minimum absolute atomic E-state index is 0.0658. The van der Waals surface area contributed by atoms with Crippen molar-refractivity contribution in [2.24, 2.45) is 0 Å². The fraction of sp³-hybridized carbons (Fsp3) is 0.297. The van der Waals surface area contributed by atoms with E-state index >= 15 is 0 Å². The van der Waals surface area contributed by atoms with Crippen molar-refractivity contribution in [2.45, 2.75) is 71.0 Å². The lowest BCUT2D eigenvalue weighted by molar-refractivity contribution is -0.140. The summed E-state index contributed by atoms with van der Waals surface area (Å²) in [5, 5.41) is 3.59. The number of hydrogen-bond acceptors (Lipinski definition) is 4. The number of carbonyl (C=O) groups is 2. The van der Waals surface area contributed by atoms with Crippen LogP contribution in [0.3, 0.4) is 0 Å². The third-order valence-corrected chi connectivity index (χ3v) is 9.79. The molecule has 0 aliphatic carbocycles. The molecule has 0 aromatic heterocycles. The molecule has 0 unspecified atom stereocenters. The van der Waals surface area contributed by atoms with Crippen molar-refractivity contribution in [3.8, 4) is 0 Å². The third kappa shape index (κ3) is 8.77. The van der Waals surface area contributed by atoms with Gasteiger partial charge in [0.05, 0.1) is 10.6 Å². The lowest BCUT2D eigenvalue weighted by Crippen LogP contribution is -2.56. The van der Waals surface area contributed by atoms with E-state index in [0.29, 0.717) is 10.7 Å². The Kier molecular flexibility index (Phi) is 11.0. The Hall–Kier alpha value is -4.14. The van der Waals surface area contributed by atoms with Crippen LogP contribution in [0, 0.1) is 20.8 Å². The normalized spacial score (nSPS) is 12.3. The summed E-state index contributed by atoms with van der Waals surface area (Å²) in [4.78, 5) is 30.2. The van der Waals surface area contributed by atoms with Crippen LogP contribution in [-0.2, 0) is 32.6 Å². The van der Waals surface area contributed by atoms with Crippen LogP contribution in [0.15, 0.2) is 102 Å². The molecule has 2 amide bonds. The van der Waals surface area contributed by atoms with Gasteiger partial charge in [-0.1, -0.05) is 83.9 Å². The molecule has 1 atom stereocenters. The minimum Gasteiger partial charge on any atom is -0.350 e. The van der Waals surface area contributed by atoms with Crippen molar-refractivity contribution in [1.82, 2.24) is 10.2 Å². The lowest BCUT2D eigenvalue weighted by atomic mass is 10.0. The number of benzene rings is 4. The molecular formula is C37H42ClN3O4S. The Morgan fingerprint density at radius 3 is 2.04 bits per heavy atom. The molecule has 0 spiro atoms. The zero-order valence-electron chi connectivity index (χ0n) is 27.2. The number of nitrogens with one attached hydrogen (secondary N) is 1. The summed E-state index contributed by atoms with van der Waals surface area (Å²) in [7, 11) is -4.18. The Balaban J connectivity index is 1.84. The van der Waals surface area contributed by atoms with Crippen molar-refractivity contribution in [1.29, 1.82) is 0 Å². The monoisotopic (exact) mass is 659 g/mol. The first-order valence-corrected chi connectivity index (χ1v) is 17.0. The van der Waals surface area contributed by atoms with Gasteiger partial charge < -0.3 is 10.2 Å². The molecule has 0 radical (unpaired) electrons. The van der Waals surface area contributed by atoms with Crippen molar-refractivity contribution in [2.75, 3.05) is 10.8 Å². The van der Waals surface area contributed by atoms with E-state index in [2.05, 4.69) is 5.32 Å². The van der Waals surface area contributed by atoms with Crippen molar-refractivity contribution >= 4 is 39.1 Å². The van der Waals surface area contributed by atoms with Gasteiger partial charge in [0.25, 0.3) is 10.0 Å². The number of aryl methyl sites for hydroxylation is 2. The van der Waals surface area contributed by atoms with E-state index in [1.54, 1.807) is 60.7 Å². The lowest BCUT2D eigenvalue weighted by Gasteiger charge is -2.35. The quantitative estimate of drug-likeness (QED) is 0.188. The first-order valence-electron chi connectivity index (χ1n) is 15.2. The number of nitrogens with zero attached hydrogens (tertiary/aromatic N) is 2. The zero-order chi connectivity index (χ0) is 33.6. The summed E-state index contributed by atoms with van der Waals surface area (Å²) < 4.78 is 29.8. The van der Waals surface area contributed by atoms with Gasteiger partial charge in [0.1, 0.15) is 12.6 Å². The van der Waals surface area contributed by atoms with Gasteiger partial charge in [0.15, 0.2) is 0 Å². The van der Waals surface area contributed by atoms with Gasteiger partial charge in [-0.25, -0.2) is 8.42 Å². The molecule has 0 fully saturated rings. The molecular weight excluding hydrogens is 618 g/mol. The van der Waals surface area contributed by atoms with E-state index < -0.39 is 34.1 Å². The molecule has 242 valence electrons. The highest BCUT2D eigenvalue weighted by Gasteiger charge is 2.36. The number of carbonyl (C=O) groups excluding carboxylic acids is 2. The van der Waals surface area contributed by atoms with Gasteiger partial charge in [-0.15, -0.1) is 0 Å². The van der Waals surface area contributed by atoms with Gasteiger partial charge in [0, 0.05) is 23.5 Å². The number of anilines is 1. The summed E-state index contributed by atoms with van der Waals surface area (Å²) >= 11 is 6.17. The SMILES string of the molecule is Cc1ccc(S(=O)(=O)N(CC(=O)N(Cc2ccc(Cl)cc2)[C@H](Cc2ccccc2)C(=O)NC(C)(C)C)c2cccc(C)c2C)cc1. The summed E-state index contributed by atoms with van der Waals surface area (Å²) in [5.41, 5.74) is 3.99. The number of rotatable bonds is 11. The maximum Gasteiger partial charge on any atom is 0.264 e. The second kappa shape index (κ2) is 14.5. The van der Waals surface area contributed by atoms with Crippen LogP contribution >= 0.6 is 11.6 Å². The van der Waals surface area contributed by atoms with Crippen LogP contribution < -0.4 is 9.62 Å².